The molecule has 0 radical (unpaired) electrons. The van der Waals surface area contributed by atoms with E-state index in [4.69, 9.17) is 0 Å². The van der Waals surface area contributed by atoms with Crippen LogP contribution in [0.25, 0.3) is 0 Å². The van der Waals surface area contributed by atoms with E-state index >= 15 is 0 Å². The van der Waals surface area contributed by atoms with E-state index in [1.807, 2.05) is 4.68 Å². The van der Waals surface area contributed by atoms with Gasteiger partial charge in [-0.1, -0.05) is 31.4 Å². The minimum atomic E-state index is 0.521. The first kappa shape index (κ1) is 10.3. The smallest absolute Gasteiger partial charge is 0.172 e. The average molecular weight is 207 g/mol. The second kappa shape index (κ2) is 4.55. The van der Waals surface area contributed by atoms with Crippen molar-refractivity contribution in [3.8, 4) is 0 Å². The number of nitrogens with zero attached hydrogens (tertiary/aromatic N) is 3. The molecule has 15 heavy (non-hydrogen) atoms. The van der Waals surface area contributed by atoms with Crippen molar-refractivity contribution in [2.45, 2.75) is 45.6 Å². The molecule has 82 valence electrons. The number of carbonyl (C=O) groups is 1. The zero-order valence-corrected chi connectivity index (χ0v) is 9.15. The number of aldehydes is 1. The summed E-state index contributed by atoms with van der Waals surface area (Å²) in [6.07, 6.45) is 6.63. The molecule has 0 bridgehead atoms. The maximum atomic E-state index is 10.8. The van der Waals surface area contributed by atoms with Crippen molar-refractivity contribution in [2.24, 2.45) is 5.92 Å². The molecular weight excluding hydrogens is 190 g/mol. The lowest BCUT2D eigenvalue weighted by Gasteiger charge is -2.04. The van der Waals surface area contributed by atoms with Crippen LogP contribution in [0.5, 0.6) is 0 Å². The Morgan fingerprint density at radius 3 is 2.93 bits per heavy atom. The van der Waals surface area contributed by atoms with Crippen molar-refractivity contribution in [3.63, 3.8) is 0 Å². The van der Waals surface area contributed by atoms with Gasteiger partial charge in [0.15, 0.2) is 6.29 Å². The van der Waals surface area contributed by atoms with Gasteiger partial charge in [-0.05, 0) is 18.8 Å². The molecular formula is C11H17N3O. The van der Waals surface area contributed by atoms with Crippen molar-refractivity contribution < 1.29 is 4.79 Å². The highest BCUT2D eigenvalue weighted by molar-refractivity contribution is 5.73. The van der Waals surface area contributed by atoms with E-state index in [9.17, 15) is 4.79 Å². The van der Waals surface area contributed by atoms with Gasteiger partial charge in [0, 0.05) is 6.54 Å². The van der Waals surface area contributed by atoms with E-state index in [2.05, 4.69) is 17.2 Å². The number of aromatic nitrogens is 3. The minimum Gasteiger partial charge on any atom is -0.296 e. The minimum absolute atomic E-state index is 0.521. The van der Waals surface area contributed by atoms with Crippen LogP contribution in [0.15, 0.2) is 0 Å². The van der Waals surface area contributed by atoms with Gasteiger partial charge >= 0.3 is 0 Å². The number of hydrogen-bond donors (Lipinski definition) is 0. The Kier molecular flexibility index (Phi) is 3.14. The summed E-state index contributed by atoms with van der Waals surface area (Å²) in [4.78, 5) is 10.8. The van der Waals surface area contributed by atoms with Crippen LogP contribution in [0, 0.1) is 5.92 Å². The molecule has 4 heteroatoms. The number of hydrogen-bond acceptors (Lipinski definition) is 3. The van der Waals surface area contributed by atoms with Gasteiger partial charge in [0.05, 0.1) is 5.69 Å². The molecule has 2 rings (SSSR count). The molecule has 0 unspecified atom stereocenters. The molecule has 1 heterocycles. The molecule has 0 spiro atoms. The quantitative estimate of drug-likeness (QED) is 0.669. The maximum Gasteiger partial charge on any atom is 0.172 e. The summed E-state index contributed by atoms with van der Waals surface area (Å²) in [5.41, 5.74) is 1.53. The Morgan fingerprint density at radius 2 is 2.33 bits per heavy atom. The standard InChI is InChI=1S/C11H17N3O/c1-2-3-11-10(8-15)12-13-14(11)7-6-9-4-5-9/h8-9H,2-7H2,1H3. The fourth-order valence-corrected chi connectivity index (χ4v) is 1.82. The molecule has 1 aliphatic carbocycles. The van der Waals surface area contributed by atoms with E-state index in [1.54, 1.807) is 0 Å². The van der Waals surface area contributed by atoms with Crippen LogP contribution in [0.1, 0.15) is 48.8 Å². The highest BCUT2D eigenvalue weighted by Crippen LogP contribution is 2.32. The summed E-state index contributed by atoms with van der Waals surface area (Å²) in [5, 5.41) is 7.94. The van der Waals surface area contributed by atoms with Crippen molar-refractivity contribution in [1.29, 1.82) is 0 Å². The maximum absolute atomic E-state index is 10.8. The second-order valence-electron chi connectivity index (χ2n) is 4.24. The van der Waals surface area contributed by atoms with Crippen LogP contribution in [0.2, 0.25) is 0 Å². The van der Waals surface area contributed by atoms with Gasteiger partial charge in [0.2, 0.25) is 0 Å². The molecule has 0 atom stereocenters. The Bertz CT molecular complexity index is 342. The van der Waals surface area contributed by atoms with Gasteiger partial charge in [0.1, 0.15) is 5.69 Å². The van der Waals surface area contributed by atoms with Gasteiger partial charge in [-0.25, -0.2) is 4.68 Å². The normalized spacial score (nSPS) is 15.5. The third-order valence-electron chi connectivity index (χ3n) is 2.91. The fourth-order valence-electron chi connectivity index (χ4n) is 1.82. The average Bonchev–Trinajstić information content (AvgIpc) is 2.99. The van der Waals surface area contributed by atoms with Crippen molar-refractivity contribution >= 4 is 6.29 Å². The first-order chi connectivity index (χ1) is 7.35. The van der Waals surface area contributed by atoms with Crippen molar-refractivity contribution in [2.75, 3.05) is 0 Å². The topological polar surface area (TPSA) is 47.8 Å². The molecule has 1 fully saturated rings. The SMILES string of the molecule is CCCc1c(C=O)nnn1CCC1CC1. The van der Waals surface area contributed by atoms with Crippen molar-refractivity contribution in [1.82, 2.24) is 15.0 Å². The summed E-state index contributed by atoms with van der Waals surface area (Å²) in [5.74, 6) is 0.892. The zero-order valence-electron chi connectivity index (χ0n) is 9.15. The number of carbonyl (C=O) groups excluding carboxylic acids is 1. The molecule has 0 N–H and O–H groups in total. The Morgan fingerprint density at radius 1 is 1.53 bits per heavy atom. The predicted octanol–water partition coefficient (Wildman–Crippen LogP) is 1.84. The highest BCUT2D eigenvalue weighted by Gasteiger charge is 2.21. The summed E-state index contributed by atoms with van der Waals surface area (Å²) >= 11 is 0. The predicted molar refractivity (Wildman–Crippen MR) is 56.7 cm³/mol. The molecule has 1 saturated carbocycles. The Balaban J connectivity index is 2.05. The molecule has 1 aromatic heterocycles. The number of aryl methyl sites for hydroxylation is 1. The Labute approximate surface area is 89.7 Å². The summed E-state index contributed by atoms with van der Waals surface area (Å²) in [7, 11) is 0. The second-order valence-corrected chi connectivity index (χ2v) is 4.24. The molecule has 0 aliphatic heterocycles. The third kappa shape index (κ3) is 2.43. The molecule has 0 amide bonds. The molecule has 1 aliphatic rings. The number of rotatable bonds is 6. The zero-order chi connectivity index (χ0) is 10.7. The molecule has 0 aromatic carbocycles. The van der Waals surface area contributed by atoms with Gasteiger partial charge in [-0.2, -0.15) is 0 Å². The summed E-state index contributed by atoms with van der Waals surface area (Å²) in [6, 6.07) is 0. The van der Waals surface area contributed by atoms with Crippen LogP contribution in [0.3, 0.4) is 0 Å². The van der Waals surface area contributed by atoms with Gasteiger partial charge in [-0.3, -0.25) is 4.79 Å². The summed E-state index contributed by atoms with van der Waals surface area (Å²) < 4.78 is 1.91. The first-order valence-corrected chi connectivity index (χ1v) is 5.72. The highest BCUT2D eigenvalue weighted by atomic mass is 16.1. The lowest BCUT2D eigenvalue weighted by molar-refractivity contribution is 0.111. The van der Waals surface area contributed by atoms with E-state index < -0.39 is 0 Å². The monoisotopic (exact) mass is 207 g/mol. The van der Waals surface area contributed by atoms with Crippen LogP contribution < -0.4 is 0 Å². The van der Waals surface area contributed by atoms with Crippen LogP contribution >= 0.6 is 0 Å². The molecule has 1 aromatic rings. The third-order valence-corrected chi connectivity index (χ3v) is 2.91. The first-order valence-electron chi connectivity index (χ1n) is 5.72. The van der Waals surface area contributed by atoms with Gasteiger partial charge < -0.3 is 0 Å². The van der Waals surface area contributed by atoms with Crippen LogP contribution in [-0.2, 0) is 13.0 Å². The molecule has 0 saturated heterocycles. The summed E-state index contributed by atoms with van der Waals surface area (Å²) in [6.45, 7) is 3.02. The lowest BCUT2D eigenvalue weighted by atomic mass is 10.2. The van der Waals surface area contributed by atoms with E-state index in [-0.39, 0.29) is 0 Å². The van der Waals surface area contributed by atoms with Crippen LogP contribution in [0.4, 0.5) is 0 Å². The molecule has 4 nitrogen and oxygen atoms in total. The van der Waals surface area contributed by atoms with E-state index in [1.165, 1.54) is 19.3 Å². The van der Waals surface area contributed by atoms with E-state index in [0.717, 1.165) is 37.3 Å². The largest absolute Gasteiger partial charge is 0.296 e. The van der Waals surface area contributed by atoms with E-state index in [0.29, 0.717) is 5.69 Å². The van der Waals surface area contributed by atoms with Gasteiger partial charge in [-0.15, -0.1) is 5.10 Å². The lowest BCUT2D eigenvalue weighted by Crippen LogP contribution is -2.06. The Hall–Kier alpha value is -1.19. The van der Waals surface area contributed by atoms with Gasteiger partial charge in [0.25, 0.3) is 0 Å². The fraction of sp³-hybridized carbons (Fsp3) is 0.727. The van der Waals surface area contributed by atoms with Crippen molar-refractivity contribution in [3.05, 3.63) is 11.4 Å². The van der Waals surface area contributed by atoms with Crippen LogP contribution in [-0.4, -0.2) is 21.3 Å².